The summed E-state index contributed by atoms with van der Waals surface area (Å²) in [5.74, 6) is 2.00. The van der Waals surface area contributed by atoms with Gasteiger partial charge in [0.1, 0.15) is 10.2 Å². The van der Waals surface area contributed by atoms with E-state index >= 15 is 0 Å². The fourth-order valence-corrected chi connectivity index (χ4v) is 2.18. The van der Waals surface area contributed by atoms with E-state index in [-0.39, 0.29) is 11.5 Å². The molecule has 2 heterocycles. The number of H-pyrrole nitrogens is 1. The van der Waals surface area contributed by atoms with Gasteiger partial charge in [-0.15, -0.1) is 0 Å². The number of aromatic nitrogens is 2. The van der Waals surface area contributed by atoms with E-state index in [1.807, 2.05) is 26.8 Å². The first-order valence-electron chi connectivity index (χ1n) is 5.35. The van der Waals surface area contributed by atoms with Crippen LogP contribution in [0.1, 0.15) is 31.2 Å². The number of aryl methyl sites for hydroxylation is 1. The van der Waals surface area contributed by atoms with Crippen molar-refractivity contribution in [2.75, 3.05) is 0 Å². The molecule has 0 aliphatic heterocycles. The summed E-state index contributed by atoms with van der Waals surface area (Å²) in [5.41, 5.74) is 0.547. The maximum Gasteiger partial charge on any atom is 0.265 e. The zero-order valence-electron chi connectivity index (χ0n) is 9.87. The Balaban J connectivity index is 2.61. The molecular formula is C12H13BrN2O2. The van der Waals surface area contributed by atoms with E-state index in [2.05, 4.69) is 25.9 Å². The minimum atomic E-state index is -0.187. The summed E-state index contributed by atoms with van der Waals surface area (Å²) in [6, 6.07) is 3.64. The summed E-state index contributed by atoms with van der Waals surface area (Å²) in [6.07, 6.45) is 0. The van der Waals surface area contributed by atoms with Crippen LogP contribution in [0.15, 0.2) is 25.8 Å². The maximum absolute atomic E-state index is 11.8. The van der Waals surface area contributed by atoms with Crippen molar-refractivity contribution in [3.8, 4) is 11.6 Å². The molecule has 0 aliphatic rings. The lowest BCUT2D eigenvalue weighted by molar-refractivity contribution is 0.543. The molecular weight excluding hydrogens is 284 g/mol. The Labute approximate surface area is 107 Å². The summed E-state index contributed by atoms with van der Waals surface area (Å²) in [4.78, 5) is 18.9. The van der Waals surface area contributed by atoms with Crippen molar-refractivity contribution in [1.82, 2.24) is 9.97 Å². The lowest BCUT2D eigenvalue weighted by atomic mass is 10.1. The minimum Gasteiger partial charge on any atom is -0.458 e. The van der Waals surface area contributed by atoms with Crippen LogP contribution < -0.4 is 5.56 Å². The molecule has 0 atom stereocenters. The van der Waals surface area contributed by atoms with Crippen molar-refractivity contribution in [1.29, 1.82) is 0 Å². The van der Waals surface area contributed by atoms with Crippen LogP contribution in [0.3, 0.4) is 0 Å². The summed E-state index contributed by atoms with van der Waals surface area (Å²) >= 11 is 3.26. The average Bonchev–Trinajstić information content (AvgIpc) is 2.68. The molecule has 0 amide bonds. The van der Waals surface area contributed by atoms with Crippen LogP contribution in [0.2, 0.25) is 0 Å². The largest absolute Gasteiger partial charge is 0.458 e. The van der Waals surface area contributed by atoms with Crippen molar-refractivity contribution in [2.24, 2.45) is 0 Å². The Morgan fingerprint density at radius 3 is 2.65 bits per heavy atom. The van der Waals surface area contributed by atoms with E-state index in [1.54, 1.807) is 6.07 Å². The van der Waals surface area contributed by atoms with E-state index in [0.717, 1.165) is 11.5 Å². The fraction of sp³-hybridized carbons (Fsp3) is 0.333. The molecule has 5 heteroatoms. The zero-order valence-corrected chi connectivity index (χ0v) is 11.5. The van der Waals surface area contributed by atoms with E-state index in [9.17, 15) is 4.79 Å². The van der Waals surface area contributed by atoms with Crippen LogP contribution in [0.5, 0.6) is 0 Å². The average molecular weight is 297 g/mol. The monoisotopic (exact) mass is 296 g/mol. The Bertz CT molecular complexity index is 599. The third-order valence-electron chi connectivity index (χ3n) is 2.41. The highest BCUT2D eigenvalue weighted by molar-refractivity contribution is 9.10. The van der Waals surface area contributed by atoms with Crippen LogP contribution in [0, 0.1) is 6.92 Å². The number of hydrogen-bond acceptors (Lipinski definition) is 3. The first kappa shape index (κ1) is 12.1. The quantitative estimate of drug-likeness (QED) is 0.925. The molecule has 4 nitrogen and oxygen atoms in total. The van der Waals surface area contributed by atoms with E-state index in [0.29, 0.717) is 16.1 Å². The second-order valence-corrected chi connectivity index (χ2v) is 4.97. The molecule has 0 bridgehead atoms. The topological polar surface area (TPSA) is 58.9 Å². The van der Waals surface area contributed by atoms with Crippen LogP contribution in [0.25, 0.3) is 11.6 Å². The first-order valence-corrected chi connectivity index (χ1v) is 6.15. The number of hydrogen-bond donors (Lipinski definition) is 1. The van der Waals surface area contributed by atoms with Crippen LogP contribution in [-0.4, -0.2) is 9.97 Å². The van der Waals surface area contributed by atoms with E-state index in [1.165, 1.54) is 0 Å². The van der Waals surface area contributed by atoms with Gasteiger partial charge in [0, 0.05) is 0 Å². The summed E-state index contributed by atoms with van der Waals surface area (Å²) in [7, 11) is 0. The van der Waals surface area contributed by atoms with Gasteiger partial charge in [-0.05, 0) is 40.9 Å². The summed E-state index contributed by atoms with van der Waals surface area (Å²) in [5, 5.41) is 0. The zero-order chi connectivity index (χ0) is 12.6. The molecule has 2 aromatic heterocycles. The first-order chi connectivity index (χ1) is 7.99. The van der Waals surface area contributed by atoms with Gasteiger partial charge in [-0.2, -0.15) is 0 Å². The van der Waals surface area contributed by atoms with Gasteiger partial charge in [0.15, 0.2) is 11.6 Å². The van der Waals surface area contributed by atoms with Gasteiger partial charge in [-0.3, -0.25) is 4.79 Å². The molecule has 0 radical (unpaired) electrons. The second kappa shape index (κ2) is 4.49. The summed E-state index contributed by atoms with van der Waals surface area (Å²) < 4.78 is 5.94. The number of halogens is 1. The van der Waals surface area contributed by atoms with Crippen LogP contribution in [0.4, 0.5) is 0 Å². The normalized spacial score (nSPS) is 11.1. The highest BCUT2D eigenvalue weighted by Gasteiger charge is 2.14. The van der Waals surface area contributed by atoms with Crippen molar-refractivity contribution < 1.29 is 4.42 Å². The number of aromatic amines is 1. The molecule has 2 rings (SSSR count). The smallest absolute Gasteiger partial charge is 0.265 e. The Kier molecular flexibility index (Phi) is 3.19. The second-order valence-electron chi connectivity index (χ2n) is 4.18. The lowest BCUT2D eigenvalue weighted by Gasteiger charge is -2.07. The molecule has 0 aromatic carbocycles. The molecule has 0 saturated heterocycles. The molecule has 1 N–H and O–H groups in total. The van der Waals surface area contributed by atoms with Gasteiger partial charge in [0.05, 0.1) is 5.69 Å². The number of nitrogens with one attached hydrogen (secondary N) is 1. The fourth-order valence-electron chi connectivity index (χ4n) is 1.54. The van der Waals surface area contributed by atoms with Crippen molar-refractivity contribution in [2.45, 2.75) is 26.7 Å². The summed E-state index contributed by atoms with van der Waals surface area (Å²) in [6.45, 7) is 5.83. The highest BCUT2D eigenvalue weighted by Crippen LogP contribution is 2.23. The highest BCUT2D eigenvalue weighted by atomic mass is 79.9. The Morgan fingerprint density at radius 1 is 1.41 bits per heavy atom. The predicted octanol–water partition coefficient (Wildman–Crippen LogP) is 3.22. The van der Waals surface area contributed by atoms with E-state index < -0.39 is 0 Å². The van der Waals surface area contributed by atoms with Crippen molar-refractivity contribution in [3.63, 3.8) is 0 Å². The van der Waals surface area contributed by atoms with Crippen molar-refractivity contribution in [3.05, 3.63) is 38.4 Å². The Hall–Kier alpha value is -1.36. The molecule has 17 heavy (non-hydrogen) atoms. The number of nitrogens with zero attached hydrogens (tertiary/aromatic N) is 1. The number of rotatable bonds is 2. The Morgan fingerprint density at radius 2 is 2.12 bits per heavy atom. The van der Waals surface area contributed by atoms with Crippen LogP contribution in [-0.2, 0) is 0 Å². The molecule has 2 aromatic rings. The minimum absolute atomic E-state index is 0.168. The van der Waals surface area contributed by atoms with Crippen molar-refractivity contribution >= 4 is 15.9 Å². The molecule has 0 aliphatic carbocycles. The molecule has 0 saturated carbocycles. The molecule has 0 spiro atoms. The van der Waals surface area contributed by atoms with E-state index in [4.69, 9.17) is 4.42 Å². The van der Waals surface area contributed by atoms with Gasteiger partial charge in [-0.1, -0.05) is 13.8 Å². The lowest BCUT2D eigenvalue weighted by Crippen LogP contribution is -2.14. The SMILES string of the molecule is Cc1ccc(-c2nc(C(C)C)c(Br)c(=O)[nH]2)o1. The third-order valence-corrected chi connectivity index (χ3v) is 3.18. The number of furan rings is 1. The molecule has 90 valence electrons. The molecule has 0 unspecified atom stereocenters. The third kappa shape index (κ3) is 2.34. The standard InChI is InChI=1S/C12H13BrN2O2/c1-6(2)10-9(13)12(16)15-11(14-10)8-5-4-7(3)17-8/h4-6H,1-3H3,(H,14,15,16). The van der Waals surface area contributed by atoms with Gasteiger partial charge in [-0.25, -0.2) is 4.98 Å². The van der Waals surface area contributed by atoms with Gasteiger partial charge >= 0.3 is 0 Å². The van der Waals surface area contributed by atoms with Crippen LogP contribution >= 0.6 is 15.9 Å². The maximum atomic E-state index is 11.8. The van der Waals surface area contributed by atoms with Gasteiger partial charge in [0.25, 0.3) is 5.56 Å². The van der Waals surface area contributed by atoms with Gasteiger partial charge < -0.3 is 9.40 Å². The molecule has 0 fully saturated rings. The predicted molar refractivity (Wildman–Crippen MR) is 69.1 cm³/mol. The van der Waals surface area contributed by atoms with Gasteiger partial charge in [0.2, 0.25) is 0 Å².